The summed E-state index contributed by atoms with van der Waals surface area (Å²) in [7, 11) is 3.98. The number of rotatable bonds is 5. The molecule has 1 fully saturated rings. The molecule has 0 spiro atoms. The highest BCUT2D eigenvalue weighted by Gasteiger charge is 2.39. The standard InChI is InChI=1S/C29H38N6O/c1-9-27(34(7)23-16-28(3,4)33-29(5,6)17-23)32-31-19(2)24-12-10-21(15-26(24)36)20-11-13-25-22(14-20)18-30-35(25)8/h9-15,18,23,33,36H,1,16-17H2,2-8H3/b31-19+,32-27+. The number of likely N-dealkylation sites (N-methyl/N-ethyl adjacent to an activating group) is 1. The first-order valence-corrected chi connectivity index (χ1v) is 12.4. The minimum absolute atomic E-state index is 0.0290. The maximum Gasteiger partial charge on any atom is 0.150 e. The Morgan fingerprint density at radius 2 is 1.75 bits per heavy atom. The fourth-order valence-electron chi connectivity index (χ4n) is 5.53. The van der Waals surface area contributed by atoms with Crippen LogP contribution in [0.1, 0.15) is 53.0 Å². The minimum Gasteiger partial charge on any atom is -0.507 e. The lowest BCUT2D eigenvalue weighted by Gasteiger charge is -2.49. The third-order valence-corrected chi connectivity index (χ3v) is 7.03. The number of nitrogens with one attached hydrogen (secondary N) is 1. The van der Waals surface area contributed by atoms with Crippen molar-refractivity contribution in [3.63, 3.8) is 0 Å². The van der Waals surface area contributed by atoms with Gasteiger partial charge in [0.1, 0.15) is 5.75 Å². The SMILES string of the molecule is C=C/C(=N\N=C(/C)c1ccc(-c2ccc3c(cnn3C)c2)cc1O)N(C)C1CC(C)(C)NC(C)(C)C1. The average Bonchev–Trinajstić information content (AvgIpc) is 3.17. The van der Waals surface area contributed by atoms with Crippen molar-refractivity contribution in [2.45, 2.75) is 64.6 Å². The highest BCUT2D eigenvalue weighted by molar-refractivity contribution is 6.02. The molecule has 0 atom stereocenters. The maximum atomic E-state index is 10.8. The summed E-state index contributed by atoms with van der Waals surface area (Å²) >= 11 is 0. The normalized spacial score (nSPS) is 18.4. The summed E-state index contributed by atoms with van der Waals surface area (Å²) in [5.74, 6) is 0.888. The number of nitrogens with zero attached hydrogens (tertiary/aromatic N) is 5. The van der Waals surface area contributed by atoms with E-state index in [1.54, 1.807) is 12.1 Å². The topological polar surface area (TPSA) is 78.0 Å². The van der Waals surface area contributed by atoms with Crippen LogP contribution in [0.5, 0.6) is 5.75 Å². The number of hydrogen-bond donors (Lipinski definition) is 2. The molecule has 0 unspecified atom stereocenters. The zero-order valence-electron chi connectivity index (χ0n) is 22.5. The molecule has 2 heterocycles. The van der Waals surface area contributed by atoms with Crippen LogP contribution in [0.25, 0.3) is 22.0 Å². The zero-order chi connectivity index (χ0) is 26.3. The number of phenols is 1. The Hall–Kier alpha value is -3.45. The largest absolute Gasteiger partial charge is 0.507 e. The van der Waals surface area contributed by atoms with Crippen molar-refractivity contribution in [1.29, 1.82) is 0 Å². The first-order chi connectivity index (χ1) is 16.9. The third kappa shape index (κ3) is 5.36. The van der Waals surface area contributed by atoms with E-state index in [-0.39, 0.29) is 16.8 Å². The molecule has 0 aliphatic carbocycles. The number of phenolic OH excluding ortho intramolecular Hbond substituents is 1. The smallest absolute Gasteiger partial charge is 0.150 e. The molecular formula is C29H38N6O. The van der Waals surface area contributed by atoms with Crippen molar-refractivity contribution in [1.82, 2.24) is 20.0 Å². The first kappa shape index (κ1) is 25.6. The van der Waals surface area contributed by atoms with E-state index >= 15 is 0 Å². The van der Waals surface area contributed by atoms with Gasteiger partial charge in [0.2, 0.25) is 0 Å². The molecule has 7 nitrogen and oxygen atoms in total. The van der Waals surface area contributed by atoms with Crippen LogP contribution in [-0.4, -0.2) is 55.5 Å². The molecule has 1 aliphatic rings. The fourth-order valence-corrected chi connectivity index (χ4v) is 5.53. The Kier molecular flexibility index (Phi) is 6.80. The van der Waals surface area contributed by atoms with Gasteiger partial charge in [0.15, 0.2) is 5.84 Å². The van der Waals surface area contributed by atoms with E-state index in [0.717, 1.165) is 34.9 Å². The molecule has 2 aromatic carbocycles. The molecule has 0 bridgehead atoms. The van der Waals surface area contributed by atoms with Crippen molar-refractivity contribution < 1.29 is 5.11 Å². The van der Waals surface area contributed by atoms with Crippen LogP contribution in [0.4, 0.5) is 0 Å². The van der Waals surface area contributed by atoms with Gasteiger partial charge in [-0.1, -0.05) is 18.7 Å². The molecule has 36 heavy (non-hydrogen) atoms. The van der Waals surface area contributed by atoms with Crippen LogP contribution >= 0.6 is 0 Å². The van der Waals surface area contributed by atoms with Gasteiger partial charge in [0.05, 0.1) is 17.4 Å². The second kappa shape index (κ2) is 9.54. The van der Waals surface area contributed by atoms with E-state index in [4.69, 9.17) is 0 Å². The number of aromatic hydroxyl groups is 1. The van der Waals surface area contributed by atoms with Crippen molar-refractivity contribution in [3.05, 3.63) is 60.8 Å². The molecule has 4 rings (SSSR count). The highest BCUT2D eigenvalue weighted by Crippen LogP contribution is 2.32. The fraction of sp³-hybridized carbons (Fsp3) is 0.414. The van der Waals surface area contributed by atoms with E-state index < -0.39 is 0 Å². The van der Waals surface area contributed by atoms with E-state index in [0.29, 0.717) is 23.2 Å². The van der Waals surface area contributed by atoms with Crippen LogP contribution in [0, 0.1) is 0 Å². The molecule has 7 heteroatoms. The quantitative estimate of drug-likeness (QED) is 0.284. The second-order valence-corrected chi connectivity index (χ2v) is 11.2. The Balaban J connectivity index is 1.56. The molecule has 0 saturated carbocycles. The lowest BCUT2D eigenvalue weighted by Crippen LogP contribution is -2.62. The zero-order valence-corrected chi connectivity index (χ0v) is 22.5. The summed E-state index contributed by atoms with van der Waals surface area (Å²) in [4.78, 5) is 2.17. The van der Waals surface area contributed by atoms with E-state index in [1.165, 1.54) is 0 Å². The number of hydrogen-bond acceptors (Lipinski definition) is 5. The summed E-state index contributed by atoms with van der Waals surface area (Å²) < 4.78 is 1.85. The van der Waals surface area contributed by atoms with Gasteiger partial charge in [0, 0.05) is 42.2 Å². The number of aromatic nitrogens is 2. The first-order valence-electron chi connectivity index (χ1n) is 12.4. The van der Waals surface area contributed by atoms with Gasteiger partial charge >= 0.3 is 0 Å². The molecular weight excluding hydrogens is 448 g/mol. The molecule has 1 saturated heterocycles. The third-order valence-electron chi connectivity index (χ3n) is 7.03. The lowest BCUT2D eigenvalue weighted by atomic mass is 9.79. The number of amidine groups is 1. The lowest BCUT2D eigenvalue weighted by molar-refractivity contribution is 0.114. The predicted molar refractivity (Wildman–Crippen MR) is 150 cm³/mol. The Labute approximate surface area is 214 Å². The summed E-state index contributed by atoms with van der Waals surface area (Å²) in [6.07, 6.45) is 5.59. The summed E-state index contributed by atoms with van der Waals surface area (Å²) in [5, 5.41) is 28.9. The molecule has 2 N–H and O–H groups in total. The van der Waals surface area contributed by atoms with Gasteiger partial charge in [-0.3, -0.25) is 4.68 Å². The Morgan fingerprint density at radius 1 is 1.11 bits per heavy atom. The van der Waals surface area contributed by atoms with Crippen LogP contribution < -0.4 is 5.32 Å². The number of benzene rings is 2. The van der Waals surface area contributed by atoms with Crippen LogP contribution in [-0.2, 0) is 7.05 Å². The van der Waals surface area contributed by atoms with Gasteiger partial charge < -0.3 is 15.3 Å². The number of aryl methyl sites for hydroxylation is 1. The summed E-state index contributed by atoms with van der Waals surface area (Å²) in [6, 6.07) is 12.1. The predicted octanol–water partition coefficient (Wildman–Crippen LogP) is 5.50. The molecule has 0 radical (unpaired) electrons. The van der Waals surface area contributed by atoms with Crippen LogP contribution in [0.2, 0.25) is 0 Å². The van der Waals surface area contributed by atoms with E-state index in [2.05, 4.69) is 72.9 Å². The van der Waals surface area contributed by atoms with Crippen molar-refractivity contribution in [2.75, 3.05) is 7.05 Å². The van der Waals surface area contributed by atoms with Gasteiger partial charge in [-0.15, -0.1) is 5.10 Å². The van der Waals surface area contributed by atoms with Gasteiger partial charge in [-0.25, -0.2) is 0 Å². The molecule has 1 aliphatic heterocycles. The van der Waals surface area contributed by atoms with Crippen LogP contribution in [0.15, 0.2) is 65.5 Å². The van der Waals surface area contributed by atoms with Crippen molar-refractivity contribution in [3.8, 4) is 16.9 Å². The monoisotopic (exact) mass is 486 g/mol. The molecule has 3 aromatic rings. The van der Waals surface area contributed by atoms with Gasteiger partial charge in [-0.05, 0) is 88.9 Å². The second-order valence-electron chi connectivity index (χ2n) is 11.2. The number of fused-ring (bicyclic) bond motifs is 1. The van der Waals surface area contributed by atoms with Crippen molar-refractivity contribution in [2.24, 2.45) is 17.3 Å². The summed E-state index contributed by atoms with van der Waals surface area (Å²) in [5.41, 5.74) is 4.37. The highest BCUT2D eigenvalue weighted by atomic mass is 16.3. The van der Waals surface area contributed by atoms with E-state index in [9.17, 15) is 5.11 Å². The molecule has 1 aromatic heterocycles. The number of piperidine rings is 1. The molecule has 0 amide bonds. The van der Waals surface area contributed by atoms with Crippen LogP contribution in [0.3, 0.4) is 0 Å². The van der Waals surface area contributed by atoms with Crippen molar-refractivity contribution >= 4 is 22.5 Å². The Morgan fingerprint density at radius 3 is 2.39 bits per heavy atom. The Bertz CT molecular complexity index is 1330. The minimum atomic E-state index is 0.0290. The maximum absolute atomic E-state index is 10.8. The van der Waals surface area contributed by atoms with E-state index in [1.807, 2.05) is 49.1 Å². The molecule has 190 valence electrons. The average molecular weight is 487 g/mol. The van der Waals surface area contributed by atoms with Gasteiger partial charge in [0.25, 0.3) is 0 Å². The van der Waals surface area contributed by atoms with Gasteiger partial charge in [-0.2, -0.15) is 10.2 Å². The summed E-state index contributed by atoms with van der Waals surface area (Å²) in [6.45, 7) is 14.8.